The second kappa shape index (κ2) is 8.61. The molecule has 0 spiro atoms. The van der Waals surface area contributed by atoms with E-state index < -0.39 is 11.9 Å². The van der Waals surface area contributed by atoms with Crippen LogP contribution in [0.5, 0.6) is 0 Å². The molecule has 6 heteroatoms. The SMILES string of the molecule is CCOC(=O)C(=CNc1ccc(C(C)=O)cc1)C(=O)OCC. The van der Waals surface area contributed by atoms with Gasteiger partial charge < -0.3 is 14.8 Å². The van der Waals surface area contributed by atoms with Crippen LogP contribution < -0.4 is 5.32 Å². The zero-order chi connectivity index (χ0) is 16.5. The fourth-order valence-corrected chi connectivity index (χ4v) is 1.58. The van der Waals surface area contributed by atoms with Gasteiger partial charge in [0.2, 0.25) is 0 Å². The van der Waals surface area contributed by atoms with Crippen LogP contribution in [0.25, 0.3) is 0 Å². The zero-order valence-electron chi connectivity index (χ0n) is 12.8. The Kier molecular flexibility index (Phi) is 6.82. The van der Waals surface area contributed by atoms with Crippen LogP contribution in [0.2, 0.25) is 0 Å². The summed E-state index contributed by atoms with van der Waals surface area (Å²) in [5.41, 5.74) is 0.973. The van der Waals surface area contributed by atoms with Crippen molar-refractivity contribution in [1.82, 2.24) is 0 Å². The first-order valence-electron chi connectivity index (χ1n) is 6.91. The van der Waals surface area contributed by atoms with Gasteiger partial charge in [-0.25, -0.2) is 9.59 Å². The van der Waals surface area contributed by atoms with Crippen molar-refractivity contribution >= 4 is 23.4 Å². The molecular weight excluding hydrogens is 286 g/mol. The molecule has 6 nitrogen and oxygen atoms in total. The molecule has 0 atom stereocenters. The number of carbonyl (C=O) groups excluding carboxylic acids is 3. The van der Waals surface area contributed by atoms with Crippen LogP contribution in [0.4, 0.5) is 5.69 Å². The topological polar surface area (TPSA) is 81.7 Å². The van der Waals surface area contributed by atoms with Crippen LogP contribution in [-0.4, -0.2) is 30.9 Å². The molecule has 0 bridgehead atoms. The van der Waals surface area contributed by atoms with E-state index in [0.717, 1.165) is 0 Å². The van der Waals surface area contributed by atoms with E-state index in [1.54, 1.807) is 38.1 Å². The summed E-state index contributed by atoms with van der Waals surface area (Å²) in [7, 11) is 0. The lowest BCUT2D eigenvalue weighted by Gasteiger charge is -2.08. The molecule has 1 aromatic rings. The molecule has 118 valence electrons. The van der Waals surface area contributed by atoms with E-state index in [-0.39, 0.29) is 24.6 Å². The van der Waals surface area contributed by atoms with Crippen LogP contribution in [0.1, 0.15) is 31.1 Å². The highest BCUT2D eigenvalue weighted by Crippen LogP contribution is 2.11. The van der Waals surface area contributed by atoms with E-state index in [1.165, 1.54) is 13.1 Å². The van der Waals surface area contributed by atoms with Crippen molar-refractivity contribution in [1.29, 1.82) is 0 Å². The van der Waals surface area contributed by atoms with Gasteiger partial charge in [-0.2, -0.15) is 0 Å². The molecule has 0 saturated carbocycles. The Morgan fingerprint density at radius 2 is 1.50 bits per heavy atom. The zero-order valence-corrected chi connectivity index (χ0v) is 12.8. The number of Topliss-reactive ketones (excluding diaryl/α,β-unsaturated/α-hetero) is 1. The fraction of sp³-hybridized carbons (Fsp3) is 0.312. The molecule has 0 aliphatic heterocycles. The second-order valence-electron chi connectivity index (χ2n) is 4.28. The number of benzene rings is 1. The molecule has 0 aromatic heterocycles. The normalized spacial score (nSPS) is 9.59. The van der Waals surface area contributed by atoms with Crippen molar-refractivity contribution in [3.8, 4) is 0 Å². The first-order chi connectivity index (χ1) is 10.5. The fourth-order valence-electron chi connectivity index (χ4n) is 1.58. The van der Waals surface area contributed by atoms with E-state index in [4.69, 9.17) is 9.47 Å². The molecule has 0 heterocycles. The molecule has 0 radical (unpaired) electrons. The maximum atomic E-state index is 11.7. The summed E-state index contributed by atoms with van der Waals surface area (Å²) < 4.78 is 9.64. The molecule has 1 rings (SSSR count). The number of esters is 2. The standard InChI is InChI=1S/C16H19NO5/c1-4-21-15(19)14(16(20)22-5-2)10-17-13-8-6-12(7-9-13)11(3)18/h6-10,17H,4-5H2,1-3H3. The number of nitrogens with one attached hydrogen (secondary N) is 1. The van der Waals surface area contributed by atoms with Gasteiger partial charge in [-0.3, -0.25) is 4.79 Å². The summed E-state index contributed by atoms with van der Waals surface area (Å²) in [6, 6.07) is 6.63. The van der Waals surface area contributed by atoms with Crippen LogP contribution in [0.15, 0.2) is 36.0 Å². The summed E-state index contributed by atoms with van der Waals surface area (Å²) in [4.78, 5) is 34.7. The van der Waals surface area contributed by atoms with E-state index in [0.29, 0.717) is 11.3 Å². The quantitative estimate of drug-likeness (QED) is 0.274. The number of anilines is 1. The third-order valence-electron chi connectivity index (χ3n) is 2.67. The van der Waals surface area contributed by atoms with E-state index in [1.807, 2.05) is 0 Å². The minimum atomic E-state index is -0.756. The first-order valence-corrected chi connectivity index (χ1v) is 6.91. The highest BCUT2D eigenvalue weighted by molar-refractivity contribution is 6.14. The van der Waals surface area contributed by atoms with Crippen molar-refractivity contribution in [2.75, 3.05) is 18.5 Å². The molecule has 0 aliphatic carbocycles. The van der Waals surface area contributed by atoms with Crippen LogP contribution in [-0.2, 0) is 19.1 Å². The van der Waals surface area contributed by atoms with Crippen LogP contribution in [0.3, 0.4) is 0 Å². The lowest BCUT2D eigenvalue weighted by molar-refractivity contribution is -0.146. The smallest absolute Gasteiger partial charge is 0.347 e. The first kappa shape index (κ1) is 17.4. The largest absolute Gasteiger partial charge is 0.462 e. The van der Waals surface area contributed by atoms with E-state index in [2.05, 4.69) is 5.32 Å². The maximum absolute atomic E-state index is 11.7. The second-order valence-corrected chi connectivity index (χ2v) is 4.28. The van der Waals surface area contributed by atoms with Crippen molar-refractivity contribution in [3.05, 3.63) is 41.6 Å². The van der Waals surface area contributed by atoms with Gasteiger partial charge in [-0.15, -0.1) is 0 Å². The molecule has 1 aromatic carbocycles. The average Bonchev–Trinajstić information content (AvgIpc) is 2.48. The highest BCUT2D eigenvalue weighted by Gasteiger charge is 2.20. The third kappa shape index (κ3) is 5.05. The van der Waals surface area contributed by atoms with Crippen LogP contribution >= 0.6 is 0 Å². The summed E-state index contributed by atoms with van der Waals surface area (Å²) >= 11 is 0. The predicted molar refractivity (Wildman–Crippen MR) is 81.4 cm³/mol. The Morgan fingerprint density at radius 3 is 1.91 bits per heavy atom. The molecule has 0 amide bonds. The third-order valence-corrected chi connectivity index (χ3v) is 2.67. The molecule has 22 heavy (non-hydrogen) atoms. The van der Waals surface area contributed by atoms with E-state index in [9.17, 15) is 14.4 Å². The number of ketones is 1. The Hall–Kier alpha value is -2.63. The molecule has 1 N–H and O–H groups in total. The van der Waals surface area contributed by atoms with Gasteiger partial charge in [0.15, 0.2) is 11.4 Å². The molecule has 0 fully saturated rings. The minimum Gasteiger partial charge on any atom is -0.462 e. The van der Waals surface area contributed by atoms with Gasteiger partial charge in [-0.05, 0) is 45.0 Å². The van der Waals surface area contributed by atoms with Gasteiger partial charge in [0, 0.05) is 17.5 Å². The molecular formula is C16H19NO5. The number of hydrogen-bond donors (Lipinski definition) is 1. The molecule has 0 saturated heterocycles. The summed E-state index contributed by atoms with van der Waals surface area (Å²) in [6.07, 6.45) is 1.23. The number of hydrogen-bond acceptors (Lipinski definition) is 6. The van der Waals surface area contributed by atoms with Crippen LogP contribution in [0, 0.1) is 0 Å². The molecule has 0 unspecified atom stereocenters. The number of ether oxygens (including phenoxy) is 2. The lowest BCUT2D eigenvalue weighted by atomic mass is 10.1. The predicted octanol–water partition coefficient (Wildman–Crippen LogP) is 2.31. The Bertz CT molecular complexity index is 555. The average molecular weight is 305 g/mol. The van der Waals surface area contributed by atoms with Gasteiger partial charge in [-0.1, -0.05) is 0 Å². The van der Waals surface area contributed by atoms with Gasteiger partial charge >= 0.3 is 11.9 Å². The summed E-state index contributed by atoms with van der Waals surface area (Å²) in [6.45, 7) is 5.08. The number of carbonyl (C=O) groups is 3. The monoisotopic (exact) mass is 305 g/mol. The van der Waals surface area contributed by atoms with Gasteiger partial charge in [0.1, 0.15) is 0 Å². The van der Waals surface area contributed by atoms with Crippen molar-refractivity contribution in [2.45, 2.75) is 20.8 Å². The minimum absolute atomic E-state index is 0.0409. The van der Waals surface area contributed by atoms with Crippen molar-refractivity contribution < 1.29 is 23.9 Å². The van der Waals surface area contributed by atoms with Gasteiger partial charge in [0.05, 0.1) is 13.2 Å². The lowest BCUT2D eigenvalue weighted by Crippen LogP contribution is -2.19. The Balaban J connectivity index is 2.89. The number of rotatable bonds is 7. The maximum Gasteiger partial charge on any atom is 0.347 e. The van der Waals surface area contributed by atoms with Gasteiger partial charge in [0.25, 0.3) is 0 Å². The Labute approximate surface area is 129 Å². The van der Waals surface area contributed by atoms with E-state index >= 15 is 0 Å². The Morgan fingerprint density at radius 1 is 1.00 bits per heavy atom. The highest BCUT2D eigenvalue weighted by atomic mass is 16.6. The summed E-state index contributed by atoms with van der Waals surface area (Å²) in [5.74, 6) is -1.55. The summed E-state index contributed by atoms with van der Waals surface area (Å²) in [5, 5.41) is 2.81. The molecule has 0 aliphatic rings. The van der Waals surface area contributed by atoms with Crippen molar-refractivity contribution in [2.24, 2.45) is 0 Å². The van der Waals surface area contributed by atoms with Crippen molar-refractivity contribution in [3.63, 3.8) is 0 Å².